The van der Waals surface area contributed by atoms with Crippen molar-refractivity contribution in [3.8, 4) is 0 Å². The van der Waals surface area contributed by atoms with Crippen LogP contribution in [0.4, 0.5) is 0 Å². The van der Waals surface area contributed by atoms with E-state index in [2.05, 4.69) is 39.9 Å². The van der Waals surface area contributed by atoms with Crippen molar-refractivity contribution in [3.63, 3.8) is 0 Å². The van der Waals surface area contributed by atoms with E-state index in [1.54, 1.807) is 0 Å². The molecular formula is C16H35N. The summed E-state index contributed by atoms with van der Waals surface area (Å²) in [6.45, 7) is 13.8. The van der Waals surface area contributed by atoms with Gasteiger partial charge in [0.15, 0.2) is 0 Å². The molecule has 0 aliphatic rings. The second-order valence-electron chi connectivity index (χ2n) is 7.04. The molecule has 0 aliphatic heterocycles. The number of nitrogens with one attached hydrogen (secondary N) is 1. The van der Waals surface area contributed by atoms with E-state index in [1.165, 1.54) is 51.5 Å². The van der Waals surface area contributed by atoms with Crippen LogP contribution in [0.25, 0.3) is 0 Å². The van der Waals surface area contributed by atoms with Crippen molar-refractivity contribution >= 4 is 0 Å². The first-order chi connectivity index (χ1) is 7.92. The number of rotatable bonds is 10. The molecule has 0 fully saturated rings. The Balaban J connectivity index is 3.04. The van der Waals surface area contributed by atoms with E-state index in [9.17, 15) is 0 Å². The molecule has 1 N–H and O–H groups in total. The Morgan fingerprint density at radius 3 is 1.88 bits per heavy atom. The molecule has 0 spiro atoms. The average Bonchev–Trinajstić information content (AvgIpc) is 2.18. The molecular weight excluding hydrogens is 206 g/mol. The van der Waals surface area contributed by atoms with Crippen LogP contribution in [0.3, 0.4) is 0 Å². The van der Waals surface area contributed by atoms with Crippen molar-refractivity contribution in [3.05, 3.63) is 0 Å². The first-order valence-corrected chi connectivity index (χ1v) is 7.62. The molecule has 0 radical (unpaired) electrons. The largest absolute Gasteiger partial charge is 0.316 e. The lowest BCUT2D eigenvalue weighted by Crippen LogP contribution is -2.27. The molecule has 0 saturated carbocycles. The van der Waals surface area contributed by atoms with Crippen LogP contribution in [0.1, 0.15) is 79.6 Å². The molecule has 0 atom stereocenters. The molecule has 104 valence electrons. The Kier molecular flexibility index (Phi) is 9.91. The maximum atomic E-state index is 3.54. The van der Waals surface area contributed by atoms with E-state index < -0.39 is 0 Å². The van der Waals surface area contributed by atoms with Crippen molar-refractivity contribution in [2.75, 3.05) is 13.1 Å². The van der Waals surface area contributed by atoms with E-state index in [0.717, 1.165) is 12.5 Å². The van der Waals surface area contributed by atoms with Gasteiger partial charge in [-0.15, -0.1) is 0 Å². The predicted molar refractivity (Wildman–Crippen MR) is 79.5 cm³/mol. The fourth-order valence-electron chi connectivity index (χ4n) is 1.97. The first kappa shape index (κ1) is 17.0. The Hall–Kier alpha value is -0.0400. The van der Waals surface area contributed by atoms with E-state index in [-0.39, 0.29) is 0 Å². The third-order valence-corrected chi connectivity index (χ3v) is 3.04. The zero-order valence-electron chi connectivity index (χ0n) is 12.9. The number of hydrogen-bond donors (Lipinski definition) is 1. The Labute approximate surface area is 110 Å². The third-order valence-electron chi connectivity index (χ3n) is 3.04. The van der Waals surface area contributed by atoms with Gasteiger partial charge in [0.2, 0.25) is 0 Å². The van der Waals surface area contributed by atoms with Crippen LogP contribution < -0.4 is 5.32 Å². The third kappa shape index (κ3) is 16.0. The van der Waals surface area contributed by atoms with Gasteiger partial charge in [0.25, 0.3) is 0 Å². The monoisotopic (exact) mass is 241 g/mol. The lowest BCUT2D eigenvalue weighted by molar-refractivity contribution is 0.377. The van der Waals surface area contributed by atoms with Gasteiger partial charge in [-0.25, -0.2) is 0 Å². The van der Waals surface area contributed by atoms with Crippen molar-refractivity contribution in [1.82, 2.24) is 5.32 Å². The highest BCUT2D eigenvalue weighted by Gasteiger charge is 2.07. The molecule has 0 aromatic rings. The molecule has 1 nitrogen and oxygen atoms in total. The van der Waals surface area contributed by atoms with Crippen LogP contribution in [-0.4, -0.2) is 13.1 Å². The van der Waals surface area contributed by atoms with E-state index in [1.807, 2.05) is 0 Å². The summed E-state index contributed by atoms with van der Waals surface area (Å²) in [6.07, 6.45) is 9.89. The highest BCUT2D eigenvalue weighted by molar-refractivity contribution is 4.64. The van der Waals surface area contributed by atoms with E-state index in [4.69, 9.17) is 0 Å². The summed E-state index contributed by atoms with van der Waals surface area (Å²) in [5, 5.41) is 3.54. The molecule has 0 rings (SSSR count). The number of unbranched alkanes of at least 4 members (excludes halogenated alkanes) is 5. The normalized spacial score (nSPS) is 12.4. The predicted octanol–water partition coefficient (Wildman–Crippen LogP) is 5.01. The Bertz CT molecular complexity index is 155. The average molecular weight is 241 g/mol. The quantitative estimate of drug-likeness (QED) is 0.530. The fraction of sp³-hybridized carbons (Fsp3) is 1.00. The molecule has 0 aromatic heterocycles. The Morgan fingerprint density at radius 1 is 0.824 bits per heavy atom. The molecule has 1 heteroatoms. The minimum atomic E-state index is 0.427. The molecule has 0 unspecified atom stereocenters. The summed E-state index contributed by atoms with van der Waals surface area (Å²) in [5.41, 5.74) is 0.427. The van der Waals surface area contributed by atoms with Crippen LogP contribution >= 0.6 is 0 Å². The lowest BCUT2D eigenvalue weighted by atomic mass is 9.97. The van der Waals surface area contributed by atoms with Crippen LogP contribution in [-0.2, 0) is 0 Å². The summed E-state index contributed by atoms with van der Waals surface area (Å²) >= 11 is 0. The molecule has 0 amide bonds. The van der Waals surface area contributed by atoms with Crippen LogP contribution in [0.5, 0.6) is 0 Å². The topological polar surface area (TPSA) is 12.0 Å². The summed E-state index contributed by atoms with van der Waals surface area (Å²) in [6, 6.07) is 0. The maximum absolute atomic E-state index is 3.54. The molecule has 0 heterocycles. The van der Waals surface area contributed by atoms with Gasteiger partial charge in [-0.1, -0.05) is 73.1 Å². The maximum Gasteiger partial charge on any atom is -0.0000126 e. The van der Waals surface area contributed by atoms with Gasteiger partial charge in [0.1, 0.15) is 0 Å². The van der Waals surface area contributed by atoms with Crippen molar-refractivity contribution in [1.29, 1.82) is 0 Å². The Morgan fingerprint density at radius 2 is 1.35 bits per heavy atom. The standard InChI is InChI=1S/C16H35N/c1-15(2)12-10-8-6-7-9-11-13-17-14-16(3,4)5/h15,17H,6-14H2,1-5H3. The van der Waals surface area contributed by atoms with Gasteiger partial charge in [-0.05, 0) is 30.8 Å². The summed E-state index contributed by atoms with van der Waals surface area (Å²) in [7, 11) is 0. The highest BCUT2D eigenvalue weighted by atomic mass is 14.9. The lowest BCUT2D eigenvalue weighted by Gasteiger charge is -2.18. The van der Waals surface area contributed by atoms with Crippen molar-refractivity contribution in [2.45, 2.75) is 79.6 Å². The zero-order chi connectivity index (χ0) is 13.1. The SMILES string of the molecule is CC(C)CCCCCCCCNCC(C)(C)C. The van der Waals surface area contributed by atoms with Gasteiger partial charge in [-0.2, -0.15) is 0 Å². The smallest absolute Gasteiger partial charge is 0.0000126 e. The molecule has 0 aliphatic carbocycles. The minimum Gasteiger partial charge on any atom is -0.316 e. The van der Waals surface area contributed by atoms with Crippen LogP contribution in [0, 0.1) is 11.3 Å². The van der Waals surface area contributed by atoms with Gasteiger partial charge >= 0.3 is 0 Å². The minimum absolute atomic E-state index is 0.427. The molecule has 17 heavy (non-hydrogen) atoms. The van der Waals surface area contributed by atoms with Crippen LogP contribution in [0.2, 0.25) is 0 Å². The molecule has 0 bridgehead atoms. The summed E-state index contributed by atoms with van der Waals surface area (Å²) in [5.74, 6) is 0.886. The molecule has 0 saturated heterocycles. The van der Waals surface area contributed by atoms with Gasteiger partial charge in [0.05, 0.1) is 0 Å². The first-order valence-electron chi connectivity index (χ1n) is 7.62. The molecule has 0 aromatic carbocycles. The highest BCUT2D eigenvalue weighted by Crippen LogP contribution is 2.12. The van der Waals surface area contributed by atoms with Crippen molar-refractivity contribution in [2.24, 2.45) is 11.3 Å². The van der Waals surface area contributed by atoms with Crippen LogP contribution in [0.15, 0.2) is 0 Å². The van der Waals surface area contributed by atoms with E-state index in [0.29, 0.717) is 5.41 Å². The second kappa shape index (κ2) is 9.94. The second-order valence-corrected chi connectivity index (χ2v) is 7.04. The van der Waals surface area contributed by atoms with Gasteiger partial charge in [0, 0.05) is 0 Å². The summed E-state index contributed by atoms with van der Waals surface area (Å²) < 4.78 is 0. The zero-order valence-corrected chi connectivity index (χ0v) is 12.9. The fourth-order valence-corrected chi connectivity index (χ4v) is 1.97. The van der Waals surface area contributed by atoms with Crippen molar-refractivity contribution < 1.29 is 0 Å². The van der Waals surface area contributed by atoms with Gasteiger partial charge in [-0.3, -0.25) is 0 Å². The van der Waals surface area contributed by atoms with Gasteiger partial charge < -0.3 is 5.32 Å². The number of hydrogen-bond acceptors (Lipinski definition) is 1. The van der Waals surface area contributed by atoms with E-state index >= 15 is 0 Å². The summed E-state index contributed by atoms with van der Waals surface area (Å²) in [4.78, 5) is 0.